The molecule has 0 aromatic rings. The van der Waals surface area contributed by atoms with E-state index in [2.05, 4.69) is 0 Å². The molecule has 20 heavy (non-hydrogen) atoms. The number of rotatable bonds is 14. The van der Waals surface area contributed by atoms with Crippen LogP contribution in [0.15, 0.2) is 0 Å². The summed E-state index contributed by atoms with van der Waals surface area (Å²) in [6.07, 6.45) is 4.94. The number of unbranched alkanes of at least 4 members (excludes halogenated alkanes) is 2. The molecule has 0 atom stereocenters. The molecule has 0 amide bonds. The van der Waals surface area contributed by atoms with Gasteiger partial charge in [-0.05, 0) is 37.2 Å². The van der Waals surface area contributed by atoms with Crippen molar-refractivity contribution in [1.82, 2.24) is 0 Å². The third-order valence-electron chi connectivity index (χ3n) is 2.60. The number of carboxylic acid groups (broad SMARTS) is 2. The Labute approximate surface area is 128 Å². The second-order valence-corrected chi connectivity index (χ2v) is 6.75. The minimum Gasteiger partial charge on any atom is -0.481 e. The van der Waals surface area contributed by atoms with Crippen molar-refractivity contribution in [2.75, 3.05) is 23.0 Å². The van der Waals surface area contributed by atoms with Gasteiger partial charge in [0.2, 0.25) is 0 Å². The van der Waals surface area contributed by atoms with Crippen LogP contribution in [0.25, 0.3) is 0 Å². The van der Waals surface area contributed by atoms with E-state index < -0.39 is 11.9 Å². The smallest absolute Gasteiger partial charge is 0.313 e. The second-order valence-electron chi connectivity index (χ2n) is 4.54. The van der Waals surface area contributed by atoms with E-state index >= 15 is 0 Å². The highest BCUT2D eigenvalue weighted by Gasteiger charge is 2.04. The van der Waals surface area contributed by atoms with Gasteiger partial charge in [-0.15, -0.1) is 0 Å². The molecule has 0 radical (unpaired) electrons. The molecule has 0 bridgehead atoms. The van der Waals surface area contributed by atoms with Crippen LogP contribution in [0, 0.1) is 0 Å². The Morgan fingerprint density at radius 1 is 0.800 bits per heavy atom. The van der Waals surface area contributed by atoms with Crippen molar-refractivity contribution in [3.63, 3.8) is 0 Å². The van der Waals surface area contributed by atoms with E-state index in [9.17, 15) is 14.7 Å². The first-order valence-corrected chi connectivity index (χ1v) is 9.10. The number of carbonyl (C=O) groups is 2. The lowest BCUT2D eigenvalue weighted by Crippen LogP contribution is -2.07. The minimum absolute atomic E-state index is 0.149. The van der Waals surface area contributed by atoms with Crippen LogP contribution >= 0.6 is 23.5 Å². The van der Waals surface area contributed by atoms with Gasteiger partial charge in [-0.1, -0.05) is 12.8 Å². The molecule has 5 nitrogen and oxygen atoms in total. The van der Waals surface area contributed by atoms with Crippen LogP contribution in [0.5, 0.6) is 0 Å². The summed E-state index contributed by atoms with van der Waals surface area (Å²) in [5.41, 5.74) is 0. The van der Waals surface area contributed by atoms with Crippen molar-refractivity contribution in [1.29, 1.82) is 0 Å². The SMILES string of the molecule is O=C(O)CSCCCCC(O)CCCCSCC(=O)O. The van der Waals surface area contributed by atoms with Crippen LogP contribution in [0.4, 0.5) is 0 Å². The number of aliphatic hydroxyl groups is 1. The van der Waals surface area contributed by atoms with Crippen molar-refractivity contribution in [3.05, 3.63) is 0 Å². The highest BCUT2D eigenvalue weighted by atomic mass is 32.2. The van der Waals surface area contributed by atoms with Crippen molar-refractivity contribution >= 4 is 35.5 Å². The van der Waals surface area contributed by atoms with Gasteiger partial charge in [0, 0.05) is 0 Å². The Hall–Kier alpha value is -0.400. The summed E-state index contributed by atoms with van der Waals surface area (Å²) in [6, 6.07) is 0. The normalized spacial score (nSPS) is 10.9. The molecule has 0 saturated heterocycles. The first kappa shape index (κ1) is 19.6. The third kappa shape index (κ3) is 15.7. The van der Waals surface area contributed by atoms with E-state index in [1.165, 1.54) is 23.5 Å². The fraction of sp³-hybridized carbons (Fsp3) is 0.846. The highest BCUT2D eigenvalue weighted by Crippen LogP contribution is 2.13. The lowest BCUT2D eigenvalue weighted by Gasteiger charge is -2.09. The second kappa shape index (κ2) is 13.6. The molecule has 0 unspecified atom stereocenters. The van der Waals surface area contributed by atoms with E-state index in [0.29, 0.717) is 0 Å². The Morgan fingerprint density at radius 3 is 1.55 bits per heavy atom. The van der Waals surface area contributed by atoms with Crippen LogP contribution < -0.4 is 0 Å². The maximum Gasteiger partial charge on any atom is 0.313 e. The van der Waals surface area contributed by atoms with Gasteiger partial charge < -0.3 is 15.3 Å². The summed E-state index contributed by atoms with van der Waals surface area (Å²) in [4.78, 5) is 20.6. The molecule has 0 spiro atoms. The molecule has 0 aliphatic carbocycles. The van der Waals surface area contributed by atoms with Gasteiger partial charge in [-0.2, -0.15) is 23.5 Å². The zero-order valence-electron chi connectivity index (χ0n) is 11.6. The van der Waals surface area contributed by atoms with Gasteiger partial charge in [0.05, 0.1) is 17.6 Å². The summed E-state index contributed by atoms with van der Waals surface area (Å²) in [5.74, 6) is 0.384. The third-order valence-corrected chi connectivity index (χ3v) is 4.66. The average molecular weight is 324 g/mol. The Morgan fingerprint density at radius 2 is 1.20 bits per heavy atom. The predicted octanol–water partition coefficient (Wildman–Crippen LogP) is 2.32. The Balaban J connectivity index is 3.22. The highest BCUT2D eigenvalue weighted by molar-refractivity contribution is 8.00. The number of thioether (sulfide) groups is 2. The summed E-state index contributed by atoms with van der Waals surface area (Å²) < 4.78 is 0. The number of aliphatic carboxylic acids is 2. The van der Waals surface area contributed by atoms with Crippen molar-refractivity contribution < 1.29 is 24.9 Å². The molecule has 7 heteroatoms. The molecule has 0 aromatic carbocycles. The summed E-state index contributed by atoms with van der Waals surface area (Å²) in [6.45, 7) is 0. The van der Waals surface area contributed by atoms with E-state index in [1.54, 1.807) is 0 Å². The van der Waals surface area contributed by atoms with Gasteiger partial charge in [0.15, 0.2) is 0 Å². The van der Waals surface area contributed by atoms with E-state index in [1.807, 2.05) is 0 Å². The fourth-order valence-electron chi connectivity index (χ4n) is 1.63. The van der Waals surface area contributed by atoms with Gasteiger partial charge in [0.25, 0.3) is 0 Å². The largest absolute Gasteiger partial charge is 0.481 e. The lowest BCUT2D eigenvalue weighted by molar-refractivity contribution is -0.134. The molecular formula is C13H24O5S2. The first-order valence-electron chi connectivity index (χ1n) is 6.79. The number of carboxylic acids is 2. The number of hydrogen-bond donors (Lipinski definition) is 3. The van der Waals surface area contributed by atoms with Gasteiger partial charge in [-0.25, -0.2) is 0 Å². The number of aliphatic hydroxyl groups excluding tert-OH is 1. The standard InChI is InChI=1S/C13H24O5S2/c14-11(5-1-3-7-19-9-12(15)16)6-2-4-8-20-10-13(17)18/h11,14H,1-10H2,(H,15,16)(H,17,18). The van der Waals surface area contributed by atoms with E-state index in [0.717, 1.165) is 50.0 Å². The van der Waals surface area contributed by atoms with Gasteiger partial charge in [0.1, 0.15) is 0 Å². The topological polar surface area (TPSA) is 94.8 Å². The summed E-state index contributed by atoms with van der Waals surface area (Å²) in [5, 5.41) is 26.6. The molecule has 0 fully saturated rings. The van der Waals surface area contributed by atoms with Crippen molar-refractivity contribution in [2.24, 2.45) is 0 Å². The molecule has 0 aliphatic rings. The minimum atomic E-state index is -0.782. The molecular weight excluding hydrogens is 300 g/mol. The fourth-order valence-corrected chi connectivity index (χ4v) is 3.09. The van der Waals surface area contributed by atoms with Crippen LogP contribution in [0.3, 0.4) is 0 Å². The van der Waals surface area contributed by atoms with Crippen LogP contribution in [-0.4, -0.2) is 56.4 Å². The average Bonchev–Trinajstić information content (AvgIpc) is 2.37. The van der Waals surface area contributed by atoms with Gasteiger partial charge in [-0.3, -0.25) is 9.59 Å². The molecule has 3 N–H and O–H groups in total. The quantitative estimate of drug-likeness (QED) is 0.422. The molecule has 0 aliphatic heterocycles. The van der Waals surface area contributed by atoms with E-state index in [-0.39, 0.29) is 17.6 Å². The summed E-state index contributed by atoms with van der Waals surface area (Å²) in [7, 11) is 0. The molecule has 0 heterocycles. The van der Waals surface area contributed by atoms with Crippen molar-refractivity contribution in [2.45, 2.75) is 44.6 Å². The van der Waals surface area contributed by atoms with Crippen LogP contribution in [0.2, 0.25) is 0 Å². The Bertz CT molecular complexity index is 247. The van der Waals surface area contributed by atoms with E-state index in [4.69, 9.17) is 10.2 Å². The Kier molecular flexibility index (Phi) is 13.3. The van der Waals surface area contributed by atoms with Gasteiger partial charge >= 0.3 is 11.9 Å². The lowest BCUT2D eigenvalue weighted by atomic mass is 10.1. The maximum atomic E-state index is 10.3. The zero-order valence-corrected chi connectivity index (χ0v) is 13.3. The van der Waals surface area contributed by atoms with Crippen LogP contribution in [0.1, 0.15) is 38.5 Å². The molecule has 0 rings (SSSR count). The maximum absolute atomic E-state index is 10.3. The molecule has 118 valence electrons. The zero-order chi connectivity index (χ0) is 15.2. The molecule has 0 aromatic heterocycles. The molecule has 0 saturated carbocycles. The van der Waals surface area contributed by atoms with Crippen LogP contribution in [-0.2, 0) is 9.59 Å². The first-order chi connectivity index (χ1) is 9.52. The number of hydrogen-bond acceptors (Lipinski definition) is 5. The summed E-state index contributed by atoms with van der Waals surface area (Å²) >= 11 is 2.82. The predicted molar refractivity (Wildman–Crippen MR) is 83.6 cm³/mol. The van der Waals surface area contributed by atoms with Crippen molar-refractivity contribution in [3.8, 4) is 0 Å². The monoisotopic (exact) mass is 324 g/mol.